The van der Waals surface area contributed by atoms with Crippen molar-refractivity contribution in [1.82, 2.24) is 14.1 Å². The third-order valence-corrected chi connectivity index (χ3v) is 8.61. The zero-order valence-corrected chi connectivity index (χ0v) is 21.1. The van der Waals surface area contributed by atoms with E-state index in [1.54, 1.807) is 15.9 Å². The van der Waals surface area contributed by atoms with E-state index < -0.39 is 0 Å². The van der Waals surface area contributed by atoms with E-state index >= 15 is 0 Å². The smallest absolute Gasteiger partial charge is 0.267 e. The summed E-state index contributed by atoms with van der Waals surface area (Å²) in [6, 6.07) is 11.6. The molecule has 4 aromatic rings. The highest BCUT2D eigenvalue weighted by atomic mass is 32.2. The molecule has 3 heterocycles. The van der Waals surface area contributed by atoms with E-state index in [2.05, 4.69) is 11.1 Å². The molecule has 0 N–H and O–H groups in total. The highest BCUT2D eigenvalue weighted by molar-refractivity contribution is 7.99. The van der Waals surface area contributed by atoms with Crippen LogP contribution in [0.1, 0.15) is 45.0 Å². The average Bonchev–Trinajstić information content (AvgIpc) is 3.36. The lowest BCUT2D eigenvalue weighted by atomic mass is 9.97. The van der Waals surface area contributed by atoms with E-state index in [0.717, 1.165) is 53.0 Å². The fourth-order valence-electron chi connectivity index (χ4n) is 4.79. The molecule has 1 aromatic carbocycles. The molecule has 0 saturated carbocycles. The van der Waals surface area contributed by atoms with Gasteiger partial charge in [0.1, 0.15) is 4.83 Å². The SMILES string of the molecule is C=CCn1c(C)cc(C(=O)CSc2nc3sc4c(c3c(=O)n2-c2ccccc2)CCCC4)c1C. The van der Waals surface area contributed by atoms with Gasteiger partial charge in [-0.3, -0.25) is 14.2 Å². The summed E-state index contributed by atoms with van der Waals surface area (Å²) in [6.45, 7) is 8.46. The molecule has 3 aromatic heterocycles. The Morgan fingerprint density at radius 1 is 1.21 bits per heavy atom. The number of carbonyl (C=O) groups is 1. The summed E-state index contributed by atoms with van der Waals surface area (Å²) in [5.74, 6) is 0.252. The van der Waals surface area contributed by atoms with Gasteiger partial charge in [0.25, 0.3) is 5.56 Å². The fourth-order valence-corrected chi connectivity index (χ4v) is 6.99. The summed E-state index contributed by atoms with van der Waals surface area (Å²) in [6.07, 6.45) is 6.06. The van der Waals surface area contributed by atoms with Gasteiger partial charge in [-0.25, -0.2) is 4.98 Å². The van der Waals surface area contributed by atoms with E-state index in [0.29, 0.717) is 17.3 Å². The number of aromatic nitrogens is 3. The van der Waals surface area contributed by atoms with E-state index in [1.165, 1.54) is 22.2 Å². The van der Waals surface area contributed by atoms with Crippen LogP contribution in [0.25, 0.3) is 15.9 Å². The van der Waals surface area contributed by atoms with E-state index in [9.17, 15) is 9.59 Å². The Morgan fingerprint density at radius 2 is 1.97 bits per heavy atom. The second-order valence-corrected chi connectivity index (χ2v) is 10.7. The molecular weight excluding hydrogens is 462 g/mol. The molecule has 0 atom stereocenters. The van der Waals surface area contributed by atoms with E-state index in [1.807, 2.05) is 56.3 Å². The normalized spacial score (nSPS) is 13.2. The van der Waals surface area contributed by atoms with Crippen LogP contribution in [0.2, 0.25) is 0 Å². The first-order chi connectivity index (χ1) is 16.5. The number of rotatable bonds is 7. The number of nitrogens with zero attached hydrogens (tertiary/aromatic N) is 3. The van der Waals surface area contributed by atoms with Gasteiger partial charge in [-0.15, -0.1) is 17.9 Å². The van der Waals surface area contributed by atoms with Crippen molar-refractivity contribution in [1.29, 1.82) is 0 Å². The van der Waals surface area contributed by atoms with Crippen molar-refractivity contribution >= 4 is 39.1 Å². The van der Waals surface area contributed by atoms with Crippen LogP contribution in [0, 0.1) is 13.8 Å². The van der Waals surface area contributed by atoms with Gasteiger partial charge in [0, 0.05) is 28.4 Å². The Morgan fingerprint density at radius 3 is 2.74 bits per heavy atom. The highest BCUT2D eigenvalue weighted by Crippen LogP contribution is 2.35. The number of ketones is 1. The number of para-hydroxylation sites is 1. The lowest BCUT2D eigenvalue weighted by Gasteiger charge is -2.13. The molecule has 0 saturated heterocycles. The maximum atomic E-state index is 13.8. The minimum atomic E-state index is -0.0327. The summed E-state index contributed by atoms with van der Waals surface area (Å²) in [7, 11) is 0. The number of thiophene rings is 1. The third-order valence-electron chi connectivity index (χ3n) is 6.49. The maximum absolute atomic E-state index is 13.8. The van der Waals surface area contributed by atoms with Gasteiger partial charge >= 0.3 is 0 Å². The Kier molecular flexibility index (Phi) is 6.32. The van der Waals surface area contributed by atoms with Crippen LogP contribution in [-0.4, -0.2) is 25.7 Å². The molecule has 5 rings (SSSR count). The number of carbonyl (C=O) groups excluding carboxylic acids is 1. The molecule has 5 nitrogen and oxygen atoms in total. The Bertz CT molecular complexity index is 1460. The average molecular weight is 490 g/mol. The van der Waals surface area contributed by atoms with Crippen molar-refractivity contribution in [2.45, 2.75) is 51.2 Å². The van der Waals surface area contributed by atoms with Crippen LogP contribution in [0.5, 0.6) is 0 Å². The summed E-state index contributed by atoms with van der Waals surface area (Å²) in [5, 5.41) is 1.32. The predicted molar refractivity (Wildman–Crippen MR) is 141 cm³/mol. The standard InChI is InChI=1S/C27H27N3O2S2/c1-4-14-29-17(2)15-21(18(29)3)22(31)16-33-27-28-25-24(20-12-8-9-13-23(20)34-25)26(32)30(27)19-10-6-5-7-11-19/h4-7,10-11,15H,1,8-9,12-14,16H2,2-3H3. The third kappa shape index (κ3) is 3.97. The summed E-state index contributed by atoms with van der Waals surface area (Å²) in [4.78, 5) is 34.0. The van der Waals surface area contributed by atoms with Crippen molar-refractivity contribution in [3.05, 3.63) is 86.8 Å². The molecule has 0 unspecified atom stereocenters. The molecule has 0 fully saturated rings. The second kappa shape index (κ2) is 9.39. The number of hydrogen-bond donors (Lipinski definition) is 0. The molecule has 0 bridgehead atoms. The lowest BCUT2D eigenvalue weighted by Crippen LogP contribution is -2.22. The number of allylic oxidation sites excluding steroid dienone is 1. The first kappa shape index (κ1) is 22.9. The summed E-state index contributed by atoms with van der Waals surface area (Å²) < 4.78 is 3.77. The number of fused-ring (bicyclic) bond motifs is 3. The molecule has 0 amide bonds. The molecule has 7 heteroatoms. The predicted octanol–water partition coefficient (Wildman–Crippen LogP) is 5.91. The maximum Gasteiger partial charge on any atom is 0.267 e. The molecule has 0 radical (unpaired) electrons. The van der Waals surface area contributed by atoms with Crippen molar-refractivity contribution < 1.29 is 4.79 Å². The number of aryl methyl sites for hydroxylation is 3. The first-order valence-electron chi connectivity index (χ1n) is 11.6. The van der Waals surface area contributed by atoms with Gasteiger partial charge in [0.05, 0.1) is 16.8 Å². The fraction of sp³-hybridized carbons (Fsp3) is 0.296. The molecular formula is C27H27N3O2S2. The number of hydrogen-bond acceptors (Lipinski definition) is 5. The van der Waals surface area contributed by atoms with Crippen molar-refractivity contribution in [2.24, 2.45) is 0 Å². The van der Waals surface area contributed by atoms with Gasteiger partial charge in [-0.2, -0.15) is 0 Å². The topological polar surface area (TPSA) is 56.9 Å². The molecule has 34 heavy (non-hydrogen) atoms. The minimum Gasteiger partial charge on any atom is -0.345 e. The van der Waals surface area contributed by atoms with Crippen molar-refractivity contribution in [2.75, 3.05) is 5.75 Å². The van der Waals surface area contributed by atoms with Crippen LogP contribution in [0.3, 0.4) is 0 Å². The zero-order chi connectivity index (χ0) is 23.8. The van der Waals surface area contributed by atoms with Crippen LogP contribution < -0.4 is 5.56 Å². The highest BCUT2D eigenvalue weighted by Gasteiger charge is 2.24. The van der Waals surface area contributed by atoms with E-state index in [4.69, 9.17) is 4.98 Å². The summed E-state index contributed by atoms with van der Waals surface area (Å²) in [5.41, 5.74) is 4.61. The largest absolute Gasteiger partial charge is 0.345 e. The number of thioether (sulfide) groups is 1. The number of Topliss-reactive ketones (excluding diaryl/α,β-unsaturated/α-hetero) is 1. The van der Waals surface area contributed by atoms with Crippen LogP contribution in [0.15, 0.2) is 59.0 Å². The van der Waals surface area contributed by atoms with Crippen molar-refractivity contribution in [3.8, 4) is 5.69 Å². The minimum absolute atomic E-state index is 0.0327. The molecule has 174 valence electrons. The molecule has 1 aliphatic rings. The van der Waals surface area contributed by atoms with Crippen LogP contribution in [-0.2, 0) is 19.4 Å². The first-order valence-corrected chi connectivity index (χ1v) is 13.4. The van der Waals surface area contributed by atoms with E-state index in [-0.39, 0.29) is 17.1 Å². The summed E-state index contributed by atoms with van der Waals surface area (Å²) >= 11 is 2.98. The Hall–Kier alpha value is -2.90. The van der Waals surface area contributed by atoms with Gasteiger partial charge in [-0.1, -0.05) is 36.0 Å². The van der Waals surface area contributed by atoms with Gasteiger partial charge in [-0.05, 0) is 63.3 Å². The van der Waals surface area contributed by atoms with Crippen LogP contribution >= 0.6 is 23.1 Å². The molecule has 1 aliphatic carbocycles. The number of benzene rings is 1. The van der Waals surface area contributed by atoms with Gasteiger partial charge < -0.3 is 4.57 Å². The molecule has 0 spiro atoms. The zero-order valence-electron chi connectivity index (χ0n) is 19.5. The van der Waals surface area contributed by atoms with Crippen molar-refractivity contribution in [3.63, 3.8) is 0 Å². The second-order valence-electron chi connectivity index (χ2n) is 8.66. The van der Waals surface area contributed by atoms with Crippen LogP contribution in [0.4, 0.5) is 0 Å². The lowest BCUT2D eigenvalue weighted by molar-refractivity contribution is 0.102. The quantitative estimate of drug-likeness (QED) is 0.140. The van der Waals surface area contributed by atoms with Gasteiger partial charge in [0.2, 0.25) is 0 Å². The molecule has 0 aliphatic heterocycles. The Balaban J connectivity index is 1.55. The van der Waals surface area contributed by atoms with Gasteiger partial charge in [0.15, 0.2) is 10.9 Å². The Labute approximate surface area is 207 Å². The monoisotopic (exact) mass is 489 g/mol.